The average molecular weight is 151 g/mol. The van der Waals surface area contributed by atoms with Crippen LogP contribution in [0.15, 0.2) is 0 Å². The maximum atomic E-state index is 2.30. The van der Waals surface area contributed by atoms with E-state index >= 15 is 0 Å². The van der Waals surface area contributed by atoms with Crippen LogP contribution in [-0.2, 0) is 18.3 Å². The summed E-state index contributed by atoms with van der Waals surface area (Å²) in [4.78, 5) is 0. The Labute approximate surface area is 56.4 Å². The van der Waals surface area contributed by atoms with Gasteiger partial charge in [-0.05, 0) is 0 Å². The molecule has 0 nitrogen and oxygen atoms in total. The van der Waals surface area contributed by atoms with Crippen LogP contribution in [-0.4, -0.2) is 0 Å². The van der Waals surface area contributed by atoms with Gasteiger partial charge in [-0.3, -0.25) is 0 Å². The van der Waals surface area contributed by atoms with Crippen molar-refractivity contribution in [3.8, 4) is 0 Å². The summed E-state index contributed by atoms with van der Waals surface area (Å²) in [5.74, 6) is 0.921. The molecule has 0 aliphatic heterocycles. The van der Waals surface area contributed by atoms with E-state index in [-0.39, 0.29) is 0 Å². The van der Waals surface area contributed by atoms with Gasteiger partial charge in [-0.15, -0.1) is 0 Å². The average Bonchev–Trinajstić information content (AvgIpc) is 1.65. The van der Waals surface area contributed by atoms with Crippen LogP contribution in [0.4, 0.5) is 0 Å². The van der Waals surface area contributed by atoms with Crippen molar-refractivity contribution in [3.63, 3.8) is 0 Å². The Bertz CT molecular complexity index is 41.4. The van der Waals surface area contributed by atoms with Gasteiger partial charge in [0.05, 0.1) is 0 Å². The molecule has 7 heavy (non-hydrogen) atoms. The third-order valence-electron chi connectivity index (χ3n) is 1.47. The molecule has 0 aromatic heterocycles. The van der Waals surface area contributed by atoms with Crippen LogP contribution in [0.1, 0.15) is 27.2 Å². The molecule has 0 rings (SSSR count). The van der Waals surface area contributed by atoms with E-state index in [2.05, 4.69) is 20.8 Å². The summed E-state index contributed by atoms with van der Waals surface area (Å²) in [6, 6.07) is 0. The summed E-state index contributed by atoms with van der Waals surface area (Å²) in [5.41, 5.74) is 0. The maximum absolute atomic E-state index is 2.30. The van der Waals surface area contributed by atoms with Gasteiger partial charge in [-0.1, -0.05) is 0 Å². The number of rotatable bonds is 2. The second kappa shape index (κ2) is 3.60. The molecule has 0 aromatic carbocycles. The second-order valence-corrected chi connectivity index (χ2v) is 4.61. The molecule has 0 fully saturated rings. The molecule has 0 radical (unpaired) electrons. The summed E-state index contributed by atoms with van der Waals surface area (Å²) < 4.78 is 1.03. The van der Waals surface area contributed by atoms with Crippen molar-refractivity contribution in [1.82, 2.24) is 0 Å². The van der Waals surface area contributed by atoms with Gasteiger partial charge < -0.3 is 0 Å². The summed E-state index contributed by atoms with van der Waals surface area (Å²) >= 11 is 1.47. The van der Waals surface area contributed by atoms with Crippen LogP contribution in [0, 0.1) is 5.92 Å². The molecule has 0 aliphatic carbocycles. The first-order chi connectivity index (χ1) is 3.18. The molecule has 0 heterocycles. The fraction of sp³-hybridized carbons (Fsp3) is 1.00. The van der Waals surface area contributed by atoms with Gasteiger partial charge in [-0.2, -0.15) is 0 Å². The zero-order chi connectivity index (χ0) is 5.86. The van der Waals surface area contributed by atoms with E-state index in [0.717, 1.165) is 10.4 Å². The molecule has 0 saturated heterocycles. The Morgan fingerprint density at radius 3 is 1.86 bits per heavy atom. The summed E-state index contributed by atoms with van der Waals surface area (Å²) in [6.07, 6.45) is 1.37. The molecule has 1 atom stereocenters. The third kappa shape index (κ3) is 3.23. The Kier molecular flexibility index (Phi) is 3.92. The Morgan fingerprint density at radius 1 is 1.43 bits per heavy atom. The summed E-state index contributed by atoms with van der Waals surface area (Å²) in [7, 11) is 0. The SMILES string of the molecule is CC[CH]([Zn])C(C)C. The van der Waals surface area contributed by atoms with Crippen LogP contribution in [0.25, 0.3) is 0 Å². The van der Waals surface area contributed by atoms with E-state index in [1.165, 1.54) is 24.7 Å². The fourth-order valence-corrected chi connectivity index (χ4v) is 0.471. The van der Waals surface area contributed by atoms with Crippen LogP contribution in [0.5, 0.6) is 0 Å². The van der Waals surface area contributed by atoms with Gasteiger partial charge in [0.15, 0.2) is 0 Å². The quantitative estimate of drug-likeness (QED) is 0.531. The van der Waals surface area contributed by atoms with Crippen LogP contribution < -0.4 is 0 Å². The van der Waals surface area contributed by atoms with Gasteiger partial charge in [0, 0.05) is 0 Å². The van der Waals surface area contributed by atoms with Gasteiger partial charge in [0.1, 0.15) is 0 Å². The van der Waals surface area contributed by atoms with E-state index in [0.29, 0.717) is 0 Å². The van der Waals surface area contributed by atoms with E-state index in [9.17, 15) is 0 Å². The predicted octanol–water partition coefficient (Wildman–Crippen LogP) is 2.39. The van der Waals surface area contributed by atoms with Crippen molar-refractivity contribution in [2.75, 3.05) is 0 Å². The van der Waals surface area contributed by atoms with E-state index in [4.69, 9.17) is 0 Å². The zero-order valence-corrected chi connectivity index (χ0v) is 8.54. The summed E-state index contributed by atoms with van der Waals surface area (Å²) in [5, 5.41) is 0. The topological polar surface area (TPSA) is 0 Å². The molecule has 0 amide bonds. The molecule has 0 bridgehead atoms. The van der Waals surface area contributed by atoms with Crippen LogP contribution in [0.2, 0.25) is 4.51 Å². The van der Waals surface area contributed by atoms with Gasteiger partial charge >= 0.3 is 55.9 Å². The predicted molar refractivity (Wildman–Crippen MR) is 28.9 cm³/mol. The zero-order valence-electron chi connectivity index (χ0n) is 5.57. The van der Waals surface area contributed by atoms with Crippen LogP contribution in [0.3, 0.4) is 0 Å². The normalized spacial score (nSPS) is 15.1. The first-order valence-corrected chi connectivity index (χ1v) is 4.72. The minimum absolute atomic E-state index is 0.921. The molecule has 0 saturated carbocycles. The Balaban J connectivity index is 3.14. The molecule has 1 heteroatoms. The molecular weight excluding hydrogens is 137 g/mol. The van der Waals surface area contributed by atoms with Crippen molar-refractivity contribution in [2.45, 2.75) is 31.7 Å². The monoisotopic (exact) mass is 149 g/mol. The summed E-state index contributed by atoms with van der Waals surface area (Å²) in [6.45, 7) is 6.88. The first-order valence-electron chi connectivity index (χ1n) is 3.01. The van der Waals surface area contributed by atoms with Crippen molar-refractivity contribution >= 4 is 0 Å². The molecule has 0 aromatic rings. The first kappa shape index (κ1) is 7.62. The molecule has 1 unspecified atom stereocenters. The van der Waals surface area contributed by atoms with Crippen LogP contribution >= 0.6 is 0 Å². The van der Waals surface area contributed by atoms with Crippen molar-refractivity contribution in [1.29, 1.82) is 0 Å². The van der Waals surface area contributed by atoms with Gasteiger partial charge in [0.2, 0.25) is 0 Å². The Hall–Kier alpha value is 0.623. The van der Waals surface area contributed by atoms with Crippen molar-refractivity contribution in [2.24, 2.45) is 5.92 Å². The van der Waals surface area contributed by atoms with E-state index in [1.54, 1.807) is 0 Å². The number of hydrogen-bond acceptors (Lipinski definition) is 0. The van der Waals surface area contributed by atoms with E-state index in [1.807, 2.05) is 0 Å². The van der Waals surface area contributed by atoms with Crippen molar-refractivity contribution < 1.29 is 18.3 Å². The Morgan fingerprint density at radius 2 is 1.86 bits per heavy atom. The molecular formula is C6H13Zn. The minimum atomic E-state index is 0.921. The standard InChI is InChI=1S/C6H13.Zn/c1-4-5-6(2)3;/h5-6H,4H2,1-3H3;. The molecule has 0 aliphatic rings. The van der Waals surface area contributed by atoms with Gasteiger partial charge in [-0.25, -0.2) is 0 Å². The molecule has 39 valence electrons. The number of hydrogen-bond donors (Lipinski definition) is 0. The van der Waals surface area contributed by atoms with Crippen molar-refractivity contribution in [3.05, 3.63) is 0 Å². The fourth-order valence-electron chi connectivity index (χ4n) is 0.471. The molecule has 0 spiro atoms. The molecule has 0 N–H and O–H groups in total. The second-order valence-electron chi connectivity index (χ2n) is 2.41. The van der Waals surface area contributed by atoms with E-state index < -0.39 is 0 Å². The third-order valence-corrected chi connectivity index (χ3v) is 4.66. The van der Waals surface area contributed by atoms with Gasteiger partial charge in [0.25, 0.3) is 0 Å².